The van der Waals surface area contributed by atoms with Crippen LogP contribution in [-0.4, -0.2) is 11.0 Å². The van der Waals surface area contributed by atoms with E-state index in [1.807, 2.05) is 6.92 Å². The molecule has 0 aromatic carbocycles. The number of oxazole rings is 1. The average molecular weight is 236 g/mol. The molecular weight excluding hydrogens is 212 g/mol. The van der Waals surface area contributed by atoms with Gasteiger partial charge in [-0.3, -0.25) is 0 Å². The molecule has 3 atom stereocenters. The largest absolute Gasteiger partial charge is 0.444 e. The lowest BCUT2D eigenvalue weighted by Crippen LogP contribution is -2.31. The van der Waals surface area contributed by atoms with Crippen molar-refractivity contribution in [1.29, 1.82) is 0 Å². The van der Waals surface area contributed by atoms with E-state index in [1.54, 1.807) is 6.20 Å². The van der Waals surface area contributed by atoms with Crippen molar-refractivity contribution >= 4 is 0 Å². The Kier molecular flexibility index (Phi) is 4.21. The summed E-state index contributed by atoms with van der Waals surface area (Å²) >= 11 is 0. The zero-order chi connectivity index (χ0) is 12.3. The number of nitrogens with zero attached hydrogens (tertiary/aromatic N) is 1. The van der Waals surface area contributed by atoms with Crippen molar-refractivity contribution in [3.63, 3.8) is 0 Å². The molecule has 0 amide bonds. The molecule has 1 heterocycles. The van der Waals surface area contributed by atoms with Crippen molar-refractivity contribution in [2.45, 2.75) is 65.0 Å². The number of rotatable bonds is 3. The molecule has 1 saturated carbocycles. The minimum Gasteiger partial charge on any atom is -0.444 e. The molecule has 3 nitrogen and oxygen atoms in total. The monoisotopic (exact) mass is 236 g/mol. The highest BCUT2D eigenvalue weighted by atomic mass is 16.4. The molecule has 2 rings (SSSR count). The van der Waals surface area contributed by atoms with Crippen LogP contribution in [0.5, 0.6) is 0 Å². The minimum absolute atomic E-state index is 0.224. The van der Waals surface area contributed by atoms with Crippen molar-refractivity contribution in [2.24, 2.45) is 5.92 Å². The normalized spacial score (nSPS) is 27.7. The van der Waals surface area contributed by atoms with Gasteiger partial charge < -0.3 is 9.73 Å². The first-order valence-corrected chi connectivity index (χ1v) is 6.83. The van der Waals surface area contributed by atoms with Crippen molar-refractivity contribution in [3.05, 3.63) is 17.8 Å². The van der Waals surface area contributed by atoms with Gasteiger partial charge in [0.05, 0.1) is 12.2 Å². The molecule has 0 radical (unpaired) electrons. The van der Waals surface area contributed by atoms with E-state index in [0.717, 1.165) is 17.6 Å². The van der Waals surface area contributed by atoms with Crippen LogP contribution in [0.2, 0.25) is 0 Å². The molecule has 0 bridgehead atoms. The molecule has 0 spiro atoms. The number of aromatic nitrogens is 1. The van der Waals surface area contributed by atoms with E-state index in [0.29, 0.717) is 6.04 Å². The van der Waals surface area contributed by atoms with E-state index >= 15 is 0 Å². The quantitative estimate of drug-likeness (QED) is 0.815. The van der Waals surface area contributed by atoms with Crippen molar-refractivity contribution in [3.8, 4) is 0 Å². The predicted octanol–water partition coefficient (Wildman–Crippen LogP) is 3.60. The van der Waals surface area contributed by atoms with Gasteiger partial charge in [-0.25, -0.2) is 4.98 Å². The van der Waals surface area contributed by atoms with Crippen LogP contribution < -0.4 is 5.32 Å². The topological polar surface area (TPSA) is 38.1 Å². The Bertz CT molecular complexity index is 348. The number of nitrogens with one attached hydrogen (secondary N) is 1. The van der Waals surface area contributed by atoms with E-state index in [1.165, 1.54) is 32.1 Å². The van der Waals surface area contributed by atoms with E-state index in [-0.39, 0.29) is 6.04 Å². The van der Waals surface area contributed by atoms with Crippen LogP contribution in [-0.2, 0) is 0 Å². The number of hydrogen-bond donors (Lipinski definition) is 1. The summed E-state index contributed by atoms with van der Waals surface area (Å²) in [4.78, 5) is 4.29. The van der Waals surface area contributed by atoms with Crippen LogP contribution in [0.25, 0.3) is 0 Å². The van der Waals surface area contributed by atoms with Gasteiger partial charge in [-0.1, -0.05) is 19.8 Å². The van der Waals surface area contributed by atoms with Gasteiger partial charge in [0.1, 0.15) is 5.76 Å². The van der Waals surface area contributed by atoms with Crippen LogP contribution in [0, 0.1) is 12.8 Å². The highest BCUT2D eigenvalue weighted by molar-refractivity contribution is 4.95. The molecule has 1 aromatic heterocycles. The van der Waals surface area contributed by atoms with E-state index in [9.17, 15) is 0 Å². The molecule has 1 aliphatic rings. The highest BCUT2D eigenvalue weighted by Crippen LogP contribution is 2.24. The zero-order valence-electron chi connectivity index (χ0n) is 11.2. The average Bonchev–Trinajstić information content (AvgIpc) is 2.62. The standard InChI is InChI=1S/C14H24N2O/c1-10-5-4-6-13(8-7-10)16-12(3)14-15-9-11(2)17-14/h9-10,12-13,16H,4-8H2,1-3H3. The van der Waals surface area contributed by atoms with E-state index in [2.05, 4.69) is 24.1 Å². The van der Waals surface area contributed by atoms with Crippen LogP contribution in [0.1, 0.15) is 63.6 Å². The van der Waals surface area contributed by atoms with Gasteiger partial charge in [0, 0.05) is 6.04 Å². The maximum Gasteiger partial charge on any atom is 0.211 e. The molecule has 17 heavy (non-hydrogen) atoms. The summed E-state index contributed by atoms with van der Waals surface area (Å²) in [6.45, 7) is 6.44. The zero-order valence-corrected chi connectivity index (χ0v) is 11.2. The van der Waals surface area contributed by atoms with Crippen molar-refractivity contribution < 1.29 is 4.42 Å². The summed E-state index contributed by atoms with van der Waals surface area (Å²) in [6.07, 6.45) is 8.43. The number of aryl methyl sites for hydroxylation is 1. The van der Waals surface area contributed by atoms with Gasteiger partial charge in [0.2, 0.25) is 5.89 Å². The SMILES string of the molecule is Cc1cnc(C(C)NC2CCCC(C)CC2)o1. The Morgan fingerprint density at radius 3 is 2.88 bits per heavy atom. The van der Waals surface area contributed by atoms with Crippen molar-refractivity contribution in [1.82, 2.24) is 10.3 Å². The molecule has 1 fully saturated rings. The Morgan fingerprint density at radius 1 is 1.35 bits per heavy atom. The molecule has 1 aliphatic carbocycles. The van der Waals surface area contributed by atoms with Crippen LogP contribution >= 0.6 is 0 Å². The van der Waals surface area contributed by atoms with Gasteiger partial charge >= 0.3 is 0 Å². The van der Waals surface area contributed by atoms with E-state index in [4.69, 9.17) is 4.42 Å². The molecule has 3 unspecified atom stereocenters. The van der Waals surface area contributed by atoms with Crippen LogP contribution in [0.4, 0.5) is 0 Å². The van der Waals surface area contributed by atoms with Crippen molar-refractivity contribution in [2.75, 3.05) is 0 Å². The molecule has 0 aliphatic heterocycles. The van der Waals surface area contributed by atoms with Crippen LogP contribution in [0.15, 0.2) is 10.6 Å². The fourth-order valence-corrected chi connectivity index (χ4v) is 2.65. The molecule has 1 aromatic rings. The lowest BCUT2D eigenvalue weighted by atomic mass is 10.0. The van der Waals surface area contributed by atoms with Gasteiger partial charge in [0.25, 0.3) is 0 Å². The molecule has 1 N–H and O–H groups in total. The van der Waals surface area contributed by atoms with Gasteiger partial charge in [-0.2, -0.15) is 0 Å². The summed E-state index contributed by atoms with van der Waals surface area (Å²) in [5.41, 5.74) is 0. The third-order valence-corrected chi connectivity index (χ3v) is 3.75. The van der Waals surface area contributed by atoms with Crippen LogP contribution in [0.3, 0.4) is 0 Å². The molecule has 96 valence electrons. The second-order valence-corrected chi connectivity index (χ2v) is 5.51. The minimum atomic E-state index is 0.224. The fraction of sp³-hybridized carbons (Fsp3) is 0.786. The third-order valence-electron chi connectivity index (χ3n) is 3.75. The molecular formula is C14H24N2O. The third kappa shape index (κ3) is 3.56. The Morgan fingerprint density at radius 2 is 2.18 bits per heavy atom. The van der Waals surface area contributed by atoms with Gasteiger partial charge in [-0.05, 0) is 39.0 Å². The van der Waals surface area contributed by atoms with Gasteiger partial charge in [-0.15, -0.1) is 0 Å². The van der Waals surface area contributed by atoms with Gasteiger partial charge in [0.15, 0.2) is 0 Å². The summed E-state index contributed by atoms with van der Waals surface area (Å²) in [5.74, 6) is 2.60. The smallest absolute Gasteiger partial charge is 0.211 e. The maximum absolute atomic E-state index is 5.57. The lowest BCUT2D eigenvalue weighted by molar-refractivity contribution is 0.349. The predicted molar refractivity (Wildman–Crippen MR) is 68.8 cm³/mol. The first-order valence-electron chi connectivity index (χ1n) is 6.83. The summed E-state index contributed by atoms with van der Waals surface area (Å²) < 4.78 is 5.57. The summed E-state index contributed by atoms with van der Waals surface area (Å²) in [7, 11) is 0. The molecule has 3 heteroatoms. The number of hydrogen-bond acceptors (Lipinski definition) is 3. The summed E-state index contributed by atoms with van der Waals surface area (Å²) in [5, 5.41) is 3.65. The fourth-order valence-electron chi connectivity index (χ4n) is 2.65. The molecule has 0 saturated heterocycles. The second kappa shape index (κ2) is 5.67. The lowest BCUT2D eigenvalue weighted by Gasteiger charge is -2.20. The van der Waals surface area contributed by atoms with E-state index < -0.39 is 0 Å². The Hall–Kier alpha value is -0.830. The Labute approximate surface area is 104 Å². The first kappa shape index (κ1) is 12.6. The first-order chi connectivity index (χ1) is 8.15. The second-order valence-electron chi connectivity index (χ2n) is 5.51. The highest BCUT2D eigenvalue weighted by Gasteiger charge is 2.20. The maximum atomic E-state index is 5.57. The summed E-state index contributed by atoms with van der Waals surface area (Å²) in [6, 6.07) is 0.851. The Balaban J connectivity index is 1.87.